The zero-order valence-corrected chi connectivity index (χ0v) is 12.4. The van der Waals surface area contributed by atoms with E-state index in [9.17, 15) is 4.39 Å². The van der Waals surface area contributed by atoms with Crippen molar-refractivity contribution in [2.24, 2.45) is 0 Å². The van der Waals surface area contributed by atoms with E-state index in [2.05, 4.69) is 22.4 Å². The van der Waals surface area contributed by atoms with Gasteiger partial charge < -0.3 is 5.32 Å². The molecule has 0 fully saturated rings. The molecule has 0 bridgehead atoms. The number of benzene rings is 1. The van der Waals surface area contributed by atoms with Crippen LogP contribution in [0.1, 0.15) is 41.0 Å². The average Bonchev–Trinajstić information content (AvgIpc) is 2.40. The Morgan fingerprint density at radius 2 is 1.85 bits per heavy atom. The van der Waals surface area contributed by atoms with Crippen molar-refractivity contribution in [3.63, 3.8) is 0 Å². The first-order chi connectivity index (χ1) is 9.52. The Hall–Kier alpha value is -1.81. The summed E-state index contributed by atoms with van der Waals surface area (Å²) in [5.41, 5.74) is 4.88. The monoisotopic (exact) mass is 273 g/mol. The minimum absolute atomic E-state index is 0.00907. The molecule has 2 rings (SSSR count). The molecule has 1 N–H and O–H groups in total. The van der Waals surface area contributed by atoms with Crippen LogP contribution in [0.3, 0.4) is 0 Å². The number of hydrogen-bond donors (Lipinski definition) is 1. The molecule has 0 aliphatic carbocycles. The summed E-state index contributed by atoms with van der Waals surface area (Å²) in [5.74, 6) is -0.206. The molecular formula is C16H20FN3. The van der Waals surface area contributed by atoms with Crippen LogP contribution in [-0.4, -0.2) is 16.7 Å². The van der Waals surface area contributed by atoms with Crippen molar-refractivity contribution in [2.45, 2.75) is 33.7 Å². The molecule has 1 unspecified atom stereocenters. The van der Waals surface area contributed by atoms with Crippen LogP contribution in [0.15, 0.2) is 24.3 Å². The largest absolute Gasteiger partial charge is 0.306 e. The van der Waals surface area contributed by atoms with Gasteiger partial charge in [0.05, 0.1) is 17.4 Å². The predicted molar refractivity (Wildman–Crippen MR) is 78.2 cm³/mol. The van der Waals surface area contributed by atoms with Crippen molar-refractivity contribution < 1.29 is 4.39 Å². The molecule has 0 aliphatic heterocycles. The molecule has 0 radical (unpaired) electrons. The van der Waals surface area contributed by atoms with Crippen molar-refractivity contribution in [3.05, 3.63) is 58.2 Å². The summed E-state index contributed by atoms with van der Waals surface area (Å²) >= 11 is 0. The summed E-state index contributed by atoms with van der Waals surface area (Å²) in [7, 11) is 0. The minimum atomic E-state index is -0.206. The van der Waals surface area contributed by atoms with Gasteiger partial charge in [-0.1, -0.05) is 13.0 Å². The van der Waals surface area contributed by atoms with Crippen LogP contribution in [0.2, 0.25) is 0 Å². The van der Waals surface area contributed by atoms with Gasteiger partial charge in [-0.05, 0) is 62.2 Å². The number of halogens is 1. The summed E-state index contributed by atoms with van der Waals surface area (Å²) in [5, 5.41) is 11.7. The lowest BCUT2D eigenvalue weighted by Crippen LogP contribution is -2.24. The minimum Gasteiger partial charge on any atom is -0.306 e. The first-order valence-electron chi connectivity index (χ1n) is 6.83. The quantitative estimate of drug-likeness (QED) is 0.929. The molecule has 3 nitrogen and oxygen atoms in total. The van der Waals surface area contributed by atoms with Crippen molar-refractivity contribution >= 4 is 0 Å². The standard InChI is InChI=1S/C16H20FN3/c1-5-18-16(14-7-6-13(17)8-10(14)2)15-9-11(3)19-20-12(15)4/h6-9,16,18H,5H2,1-4H3. The fraction of sp³-hybridized carbons (Fsp3) is 0.375. The highest BCUT2D eigenvalue weighted by Gasteiger charge is 2.18. The third kappa shape index (κ3) is 3.02. The van der Waals surface area contributed by atoms with Crippen LogP contribution in [0.5, 0.6) is 0 Å². The molecule has 0 saturated heterocycles. The fourth-order valence-corrected chi connectivity index (χ4v) is 2.42. The van der Waals surface area contributed by atoms with Crippen molar-refractivity contribution in [1.82, 2.24) is 15.5 Å². The third-order valence-electron chi connectivity index (χ3n) is 3.40. The fourth-order valence-electron chi connectivity index (χ4n) is 2.42. The first kappa shape index (κ1) is 14.6. The smallest absolute Gasteiger partial charge is 0.123 e. The molecule has 0 amide bonds. The summed E-state index contributed by atoms with van der Waals surface area (Å²) in [6.07, 6.45) is 0. The Balaban J connectivity index is 2.53. The zero-order chi connectivity index (χ0) is 14.7. The second kappa shape index (κ2) is 6.09. The first-order valence-corrected chi connectivity index (χ1v) is 6.83. The van der Waals surface area contributed by atoms with Crippen LogP contribution < -0.4 is 5.32 Å². The normalized spacial score (nSPS) is 12.4. The zero-order valence-electron chi connectivity index (χ0n) is 12.4. The number of aryl methyl sites for hydroxylation is 3. The van der Waals surface area contributed by atoms with Gasteiger partial charge in [0, 0.05) is 0 Å². The number of nitrogens with one attached hydrogen (secondary N) is 1. The molecule has 106 valence electrons. The summed E-state index contributed by atoms with van der Waals surface area (Å²) < 4.78 is 13.3. The highest BCUT2D eigenvalue weighted by molar-refractivity contribution is 5.38. The van der Waals surface area contributed by atoms with E-state index < -0.39 is 0 Å². The van der Waals surface area contributed by atoms with Crippen molar-refractivity contribution in [2.75, 3.05) is 6.54 Å². The van der Waals surface area contributed by atoms with E-state index in [-0.39, 0.29) is 11.9 Å². The Kier molecular flexibility index (Phi) is 4.45. The predicted octanol–water partition coefficient (Wildman–Crippen LogP) is 3.24. The highest BCUT2D eigenvalue weighted by atomic mass is 19.1. The van der Waals surface area contributed by atoms with E-state index in [1.165, 1.54) is 6.07 Å². The van der Waals surface area contributed by atoms with Gasteiger partial charge in [0.1, 0.15) is 5.82 Å². The Bertz CT molecular complexity index is 611. The van der Waals surface area contributed by atoms with E-state index in [0.29, 0.717) is 0 Å². The van der Waals surface area contributed by atoms with Gasteiger partial charge in [0.15, 0.2) is 0 Å². The van der Waals surface area contributed by atoms with Crippen molar-refractivity contribution in [1.29, 1.82) is 0 Å². The molecule has 1 atom stereocenters. The maximum absolute atomic E-state index is 13.3. The van der Waals surface area contributed by atoms with E-state index >= 15 is 0 Å². The summed E-state index contributed by atoms with van der Waals surface area (Å²) in [4.78, 5) is 0. The molecule has 0 aliphatic rings. The molecule has 4 heteroatoms. The molecule has 1 heterocycles. The molecule has 0 spiro atoms. The van der Waals surface area contributed by atoms with E-state index in [1.54, 1.807) is 6.07 Å². The average molecular weight is 273 g/mol. The maximum Gasteiger partial charge on any atom is 0.123 e. The second-order valence-corrected chi connectivity index (χ2v) is 5.02. The highest BCUT2D eigenvalue weighted by Crippen LogP contribution is 2.27. The molecule has 1 aromatic heterocycles. The van der Waals surface area contributed by atoms with Crippen LogP contribution in [0, 0.1) is 26.6 Å². The van der Waals surface area contributed by atoms with Crippen molar-refractivity contribution in [3.8, 4) is 0 Å². The number of nitrogens with zero attached hydrogens (tertiary/aromatic N) is 2. The molecular weight excluding hydrogens is 253 g/mol. The van der Waals surface area contributed by atoms with Gasteiger partial charge in [-0.3, -0.25) is 0 Å². The lowest BCUT2D eigenvalue weighted by Gasteiger charge is -2.22. The van der Waals surface area contributed by atoms with Gasteiger partial charge in [0.25, 0.3) is 0 Å². The van der Waals surface area contributed by atoms with E-state index in [1.807, 2.05) is 32.9 Å². The van der Waals surface area contributed by atoms with Crippen LogP contribution in [0.25, 0.3) is 0 Å². The van der Waals surface area contributed by atoms with Gasteiger partial charge in [0.2, 0.25) is 0 Å². The molecule has 2 aromatic rings. The number of hydrogen-bond acceptors (Lipinski definition) is 3. The van der Waals surface area contributed by atoms with E-state index in [0.717, 1.165) is 34.6 Å². The van der Waals surface area contributed by atoms with Crippen LogP contribution in [-0.2, 0) is 0 Å². The van der Waals surface area contributed by atoms with E-state index in [4.69, 9.17) is 0 Å². The lowest BCUT2D eigenvalue weighted by molar-refractivity contribution is 0.605. The van der Waals surface area contributed by atoms with Crippen LogP contribution >= 0.6 is 0 Å². The maximum atomic E-state index is 13.3. The number of rotatable bonds is 4. The van der Waals surface area contributed by atoms with Gasteiger partial charge in [-0.25, -0.2) is 4.39 Å². The molecule has 0 saturated carbocycles. The summed E-state index contributed by atoms with van der Waals surface area (Å²) in [6, 6.07) is 6.96. The lowest BCUT2D eigenvalue weighted by atomic mass is 9.94. The van der Waals surface area contributed by atoms with Gasteiger partial charge >= 0.3 is 0 Å². The Morgan fingerprint density at radius 1 is 1.10 bits per heavy atom. The topological polar surface area (TPSA) is 37.8 Å². The summed E-state index contributed by atoms with van der Waals surface area (Å²) in [6.45, 7) is 8.69. The van der Waals surface area contributed by atoms with Crippen LogP contribution in [0.4, 0.5) is 4.39 Å². The molecule has 1 aromatic carbocycles. The van der Waals surface area contributed by atoms with Gasteiger partial charge in [-0.2, -0.15) is 10.2 Å². The molecule has 20 heavy (non-hydrogen) atoms. The Labute approximate surface area is 119 Å². The third-order valence-corrected chi connectivity index (χ3v) is 3.40. The SMILES string of the molecule is CCNC(c1ccc(F)cc1C)c1cc(C)nnc1C. The van der Waals surface area contributed by atoms with Gasteiger partial charge in [-0.15, -0.1) is 0 Å². The Morgan fingerprint density at radius 3 is 2.50 bits per heavy atom. The second-order valence-electron chi connectivity index (χ2n) is 5.02. The number of aromatic nitrogens is 2.